The Morgan fingerprint density at radius 1 is 1.07 bits per heavy atom. The largest absolute Gasteiger partial charge is 0.463 e. The normalized spacial score (nSPS) is 23.4. The SMILES string of the molecule is CC(=O)OC[C@H]1O[C@@H](n2c(Cl)nc3cc(I)c(I)cc32)[C@H](OC(C)=O)[C@@H]1OC(C)=O. The number of hydrogen-bond donors (Lipinski definition) is 0. The molecule has 3 rings (SSSR count). The first-order valence-electron chi connectivity index (χ1n) is 8.74. The van der Waals surface area contributed by atoms with Crippen LogP contribution in [0.5, 0.6) is 0 Å². The molecule has 0 saturated carbocycles. The molecule has 0 bridgehead atoms. The van der Waals surface area contributed by atoms with E-state index in [4.69, 9.17) is 30.5 Å². The smallest absolute Gasteiger partial charge is 0.303 e. The van der Waals surface area contributed by atoms with Crippen molar-refractivity contribution in [3.8, 4) is 0 Å². The number of aromatic nitrogens is 2. The molecule has 2 heterocycles. The van der Waals surface area contributed by atoms with E-state index in [9.17, 15) is 14.4 Å². The number of benzene rings is 1. The zero-order valence-corrected chi connectivity index (χ0v) is 21.1. The number of fused-ring (bicyclic) bond motifs is 1. The summed E-state index contributed by atoms with van der Waals surface area (Å²) in [6.07, 6.45) is -3.86. The van der Waals surface area contributed by atoms with Crippen LogP contribution in [0, 0.1) is 7.14 Å². The van der Waals surface area contributed by atoms with E-state index in [-0.39, 0.29) is 11.9 Å². The minimum Gasteiger partial charge on any atom is -0.463 e. The highest BCUT2D eigenvalue weighted by Crippen LogP contribution is 2.39. The van der Waals surface area contributed by atoms with Gasteiger partial charge in [-0.1, -0.05) is 0 Å². The maximum absolute atomic E-state index is 11.8. The highest BCUT2D eigenvalue weighted by atomic mass is 127. The van der Waals surface area contributed by atoms with Gasteiger partial charge in [0.1, 0.15) is 12.7 Å². The number of ether oxygens (including phenoxy) is 4. The van der Waals surface area contributed by atoms with Crippen LogP contribution >= 0.6 is 56.8 Å². The standard InChI is InChI=1S/C18H17ClI2N2O7/c1-7(24)27-6-14-15(28-8(2)25)16(29-9(3)26)17(30-14)23-13-5-11(21)10(20)4-12(13)22-18(23)19/h4-5,14-17H,6H2,1-3H3/t14-,15-,16-,17-/m1/s1. The average molecular weight is 663 g/mol. The first kappa shape index (κ1) is 23.5. The van der Waals surface area contributed by atoms with Crippen LogP contribution < -0.4 is 0 Å². The third kappa shape index (κ3) is 4.99. The van der Waals surface area contributed by atoms with Crippen LogP contribution in [-0.4, -0.2) is 52.4 Å². The first-order valence-corrected chi connectivity index (χ1v) is 11.3. The molecule has 162 valence electrons. The second-order valence-electron chi connectivity index (χ2n) is 6.52. The summed E-state index contributed by atoms with van der Waals surface area (Å²) >= 11 is 10.8. The van der Waals surface area contributed by atoms with Gasteiger partial charge in [0.25, 0.3) is 0 Å². The summed E-state index contributed by atoms with van der Waals surface area (Å²) in [6, 6.07) is 3.75. The molecule has 2 aromatic rings. The van der Waals surface area contributed by atoms with E-state index >= 15 is 0 Å². The van der Waals surface area contributed by atoms with E-state index in [1.807, 2.05) is 12.1 Å². The topological polar surface area (TPSA) is 106 Å². The number of hydrogen-bond acceptors (Lipinski definition) is 8. The zero-order valence-electron chi connectivity index (χ0n) is 16.1. The van der Waals surface area contributed by atoms with Crippen LogP contribution in [0.3, 0.4) is 0 Å². The maximum Gasteiger partial charge on any atom is 0.303 e. The Bertz CT molecular complexity index is 1010. The third-order valence-corrected chi connectivity index (χ3v) is 7.37. The van der Waals surface area contributed by atoms with Gasteiger partial charge in [-0.2, -0.15) is 0 Å². The van der Waals surface area contributed by atoms with Crippen molar-refractivity contribution in [2.24, 2.45) is 0 Å². The van der Waals surface area contributed by atoms with Gasteiger partial charge in [-0.05, 0) is 68.9 Å². The molecule has 0 amide bonds. The van der Waals surface area contributed by atoms with Gasteiger partial charge < -0.3 is 18.9 Å². The summed E-state index contributed by atoms with van der Waals surface area (Å²) in [5, 5.41) is 0.111. The van der Waals surface area contributed by atoms with Crippen LogP contribution in [0.2, 0.25) is 5.28 Å². The second-order valence-corrected chi connectivity index (χ2v) is 9.18. The monoisotopic (exact) mass is 662 g/mol. The fourth-order valence-electron chi connectivity index (χ4n) is 3.20. The van der Waals surface area contributed by atoms with Gasteiger partial charge in [-0.3, -0.25) is 19.0 Å². The van der Waals surface area contributed by atoms with Crippen molar-refractivity contribution in [1.29, 1.82) is 0 Å². The molecule has 30 heavy (non-hydrogen) atoms. The quantitative estimate of drug-likeness (QED) is 0.273. The minimum absolute atomic E-state index is 0.111. The molecule has 0 unspecified atom stereocenters. The summed E-state index contributed by atoms with van der Waals surface area (Å²) < 4.78 is 25.5. The van der Waals surface area contributed by atoms with Gasteiger partial charge in [0.15, 0.2) is 18.4 Å². The summed E-state index contributed by atoms with van der Waals surface area (Å²) in [5.74, 6) is -1.72. The van der Waals surface area contributed by atoms with Crippen molar-refractivity contribution in [1.82, 2.24) is 9.55 Å². The van der Waals surface area contributed by atoms with Crippen LogP contribution in [0.15, 0.2) is 12.1 Å². The Morgan fingerprint density at radius 3 is 2.27 bits per heavy atom. The lowest BCUT2D eigenvalue weighted by molar-refractivity contribution is -0.166. The molecule has 1 aromatic carbocycles. The average Bonchev–Trinajstić information content (AvgIpc) is 3.10. The van der Waals surface area contributed by atoms with Crippen LogP contribution in [0.4, 0.5) is 0 Å². The zero-order chi connectivity index (χ0) is 22.2. The maximum atomic E-state index is 11.8. The van der Waals surface area contributed by atoms with Crippen molar-refractivity contribution >= 4 is 85.7 Å². The van der Waals surface area contributed by atoms with E-state index in [2.05, 4.69) is 50.2 Å². The number of esters is 3. The Balaban J connectivity index is 2.09. The van der Waals surface area contributed by atoms with Gasteiger partial charge in [0, 0.05) is 27.9 Å². The van der Waals surface area contributed by atoms with E-state index in [0.717, 1.165) is 7.14 Å². The van der Waals surface area contributed by atoms with Gasteiger partial charge in [0.2, 0.25) is 5.28 Å². The highest BCUT2D eigenvalue weighted by molar-refractivity contribution is 14.1. The Hall–Kier alpha value is -1.19. The molecule has 1 aliphatic heterocycles. The van der Waals surface area contributed by atoms with Gasteiger partial charge in [-0.15, -0.1) is 0 Å². The number of halogens is 3. The van der Waals surface area contributed by atoms with Crippen molar-refractivity contribution in [3.63, 3.8) is 0 Å². The second kappa shape index (κ2) is 9.53. The van der Waals surface area contributed by atoms with Gasteiger partial charge in [0.05, 0.1) is 11.0 Å². The molecule has 1 saturated heterocycles. The Labute approximate surface area is 204 Å². The summed E-state index contributed by atoms with van der Waals surface area (Å²) in [4.78, 5) is 39.2. The molecule has 1 fully saturated rings. The Morgan fingerprint density at radius 2 is 1.67 bits per heavy atom. The summed E-state index contributed by atoms with van der Waals surface area (Å²) in [5.41, 5.74) is 1.28. The third-order valence-electron chi connectivity index (χ3n) is 4.28. The van der Waals surface area contributed by atoms with E-state index in [0.29, 0.717) is 11.0 Å². The predicted octanol–water partition coefficient (Wildman–Crippen LogP) is 3.22. The van der Waals surface area contributed by atoms with Crippen LogP contribution in [0.1, 0.15) is 27.0 Å². The van der Waals surface area contributed by atoms with E-state index < -0.39 is 42.4 Å². The number of rotatable bonds is 5. The van der Waals surface area contributed by atoms with Crippen LogP contribution in [-0.2, 0) is 33.3 Å². The number of carbonyl (C=O) groups is 3. The number of nitrogens with zero attached hydrogens (tertiary/aromatic N) is 2. The molecule has 1 aliphatic rings. The molecule has 0 spiro atoms. The molecule has 0 N–H and O–H groups in total. The van der Waals surface area contributed by atoms with Crippen molar-refractivity contribution < 1.29 is 33.3 Å². The molecule has 4 atom stereocenters. The molecular formula is C18H17ClI2N2O7. The van der Waals surface area contributed by atoms with Gasteiger partial charge >= 0.3 is 17.9 Å². The van der Waals surface area contributed by atoms with Crippen molar-refractivity contribution in [2.45, 2.75) is 45.3 Å². The van der Waals surface area contributed by atoms with Crippen molar-refractivity contribution in [2.75, 3.05) is 6.61 Å². The highest BCUT2D eigenvalue weighted by Gasteiger charge is 2.51. The lowest BCUT2D eigenvalue weighted by atomic mass is 10.1. The molecular weight excluding hydrogens is 645 g/mol. The summed E-state index contributed by atoms with van der Waals surface area (Å²) in [6.45, 7) is 3.52. The van der Waals surface area contributed by atoms with Crippen LogP contribution in [0.25, 0.3) is 11.0 Å². The molecule has 0 aliphatic carbocycles. The Kier molecular flexibility index (Phi) is 7.45. The van der Waals surface area contributed by atoms with Crippen molar-refractivity contribution in [3.05, 3.63) is 24.6 Å². The fourth-order valence-corrected chi connectivity index (χ4v) is 4.38. The summed E-state index contributed by atoms with van der Waals surface area (Å²) in [7, 11) is 0. The molecule has 1 aromatic heterocycles. The number of carbonyl (C=O) groups excluding carboxylic acids is 3. The minimum atomic E-state index is -1.03. The molecule has 9 nitrogen and oxygen atoms in total. The predicted molar refractivity (Wildman–Crippen MR) is 122 cm³/mol. The van der Waals surface area contributed by atoms with E-state index in [1.165, 1.54) is 20.8 Å². The lowest BCUT2D eigenvalue weighted by Gasteiger charge is -2.24. The lowest BCUT2D eigenvalue weighted by Crippen LogP contribution is -2.40. The van der Waals surface area contributed by atoms with Gasteiger partial charge in [-0.25, -0.2) is 4.98 Å². The fraction of sp³-hybridized carbons (Fsp3) is 0.444. The number of imidazole rings is 1. The molecule has 0 radical (unpaired) electrons. The van der Waals surface area contributed by atoms with E-state index in [1.54, 1.807) is 4.57 Å². The first-order chi connectivity index (χ1) is 14.1. The molecule has 12 heteroatoms.